The zero-order valence-electron chi connectivity index (χ0n) is 14.7. The monoisotopic (exact) mass is 524 g/mol. The van der Waals surface area contributed by atoms with E-state index in [2.05, 4.69) is 9.44 Å². The van der Waals surface area contributed by atoms with Gasteiger partial charge in [0.2, 0.25) is 0 Å². The van der Waals surface area contributed by atoms with Crippen molar-refractivity contribution in [1.29, 1.82) is 0 Å². The molecule has 0 heterocycles. The third-order valence-electron chi connectivity index (χ3n) is 3.85. The molecule has 2 N–H and O–H groups in total. The standard InChI is InChI=1S/C18H12Cl4N2O4S2/c19-13-14(20)16(22)18(24-30(27,28)12-9-5-2-6-10-12)17(15(13)21)23-29(25,26)11-7-3-1-4-8-11/h1-10,23-24H. The summed E-state index contributed by atoms with van der Waals surface area (Å²) in [6.07, 6.45) is 0. The molecule has 0 amide bonds. The van der Waals surface area contributed by atoms with Crippen LogP contribution < -0.4 is 9.44 Å². The van der Waals surface area contributed by atoms with E-state index in [1.54, 1.807) is 12.1 Å². The van der Waals surface area contributed by atoms with Gasteiger partial charge in [-0.3, -0.25) is 9.44 Å². The number of hydrogen-bond acceptors (Lipinski definition) is 4. The molecule has 3 rings (SSSR count). The summed E-state index contributed by atoms with van der Waals surface area (Å²) < 4.78 is 55.6. The van der Waals surface area contributed by atoms with Crippen LogP contribution in [0.15, 0.2) is 70.5 Å². The second-order valence-corrected chi connectivity index (χ2v) is 10.7. The Hall–Kier alpha value is -1.68. The van der Waals surface area contributed by atoms with Gasteiger partial charge in [0.1, 0.15) is 0 Å². The number of sulfonamides is 2. The van der Waals surface area contributed by atoms with Crippen LogP contribution in [0.3, 0.4) is 0 Å². The van der Waals surface area contributed by atoms with Gasteiger partial charge in [-0.15, -0.1) is 0 Å². The van der Waals surface area contributed by atoms with Crippen molar-refractivity contribution in [3.63, 3.8) is 0 Å². The van der Waals surface area contributed by atoms with Crippen molar-refractivity contribution in [3.8, 4) is 0 Å². The number of hydrogen-bond donors (Lipinski definition) is 2. The molecule has 0 fully saturated rings. The van der Waals surface area contributed by atoms with E-state index in [-0.39, 0.29) is 41.3 Å². The molecule has 0 saturated heterocycles. The minimum atomic E-state index is -4.15. The second-order valence-electron chi connectivity index (χ2n) is 5.84. The first kappa shape index (κ1) is 23.0. The Morgan fingerprint density at radius 1 is 0.500 bits per heavy atom. The lowest BCUT2D eigenvalue weighted by molar-refractivity contribution is 0.599. The van der Waals surface area contributed by atoms with Crippen LogP contribution in [-0.4, -0.2) is 16.8 Å². The van der Waals surface area contributed by atoms with Crippen molar-refractivity contribution in [2.75, 3.05) is 9.44 Å². The molecule has 0 aliphatic rings. The Labute approximate surface area is 193 Å². The molecule has 0 aromatic heterocycles. The van der Waals surface area contributed by atoms with Crippen LogP contribution in [0.4, 0.5) is 11.4 Å². The van der Waals surface area contributed by atoms with Crippen LogP contribution in [0, 0.1) is 0 Å². The first-order valence-corrected chi connectivity index (χ1v) is 12.5. The average molecular weight is 526 g/mol. The van der Waals surface area contributed by atoms with Crippen LogP contribution >= 0.6 is 46.4 Å². The summed E-state index contributed by atoms with van der Waals surface area (Å²) in [5.74, 6) is 0. The van der Waals surface area contributed by atoms with Crippen LogP contribution in [0.1, 0.15) is 0 Å². The third-order valence-corrected chi connectivity index (χ3v) is 8.38. The van der Waals surface area contributed by atoms with E-state index in [1.807, 2.05) is 0 Å². The zero-order valence-corrected chi connectivity index (χ0v) is 19.4. The molecule has 6 nitrogen and oxygen atoms in total. The lowest BCUT2D eigenvalue weighted by atomic mass is 10.3. The maximum absolute atomic E-state index is 12.8. The normalized spacial score (nSPS) is 11.9. The van der Waals surface area contributed by atoms with Crippen molar-refractivity contribution < 1.29 is 16.8 Å². The topological polar surface area (TPSA) is 92.3 Å². The fourth-order valence-electron chi connectivity index (χ4n) is 2.41. The molecule has 0 aliphatic carbocycles. The molecule has 0 aliphatic heterocycles. The predicted molar refractivity (Wildman–Crippen MR) is 121 cm³/mol. The van der Waals surface area contributed by atoms with E-state index in [0.29, 0.717) is 0 Å². The predicted octanol–water partition coefficient (Wildman–Crippen LogP) is 5.90. The van der Waals surface area contributed by atoms with Gasteiger partial charge in [0.15, 0.2) is 0 Å². The Kier molecular flexibility index (Phi) is 6.76. The van der Waals surface area contributed by atoms with E-state index < -0.39 is 20.0 Å². The number of benzene rings is 3. The fraction of sp³-hybridized carbons (Fsp3) is 0. The van der Waals surface area contributed by atoms with Gasteiger partial charge in [-0.25, -0.2) is 16.8 Å². The molecule has 3 aromatic carbocycles. The van der Waals surface area contributed by atoms with E-state index in [9.17, 15) is 16.8 Å². The van der Waals surface area contributed by atoms with Crippen LogP contribution in [0.5, 0.6) is 0 Å². The second kappa shape index (κ2) is 8.82. The molecule has 3 aromatic rings. The highest BCUT2D eigenvalue weighted by molar-refractivity contribution is 7.93. The molecule has 0 spiro atoms. The highest BCUT2D eigenvalue weighted by atomic mass is 35.5. The molecular weight excluding hydrogens is 514 g/mol. The minimum Gasteiger partial charge on any atom is -0.276 e. The van der Waals surface area contributed by atoms with Gasteiger partial charge in [-0.1, -0.05) is 82.8 Å². The van der Waals surface area contributed by atoms with Gasteiger partial charge < -0.3 is 0 Å². The molecule has 12 heteroatoms. The zero-order chi connectivity index (χ0) is 22.1. The van der Waals surface area contributed by atoms with Crippen molar-refractivity contribution in [2.45, 2.75) is 9.79 Å². The summed E-state index contributed by atoms with van der Waals surface area (Å²) in [5, 5.41) is -1.12. The fourth-order valence-corrected chi connectivity index (χ4v) is 5.68. The molecule has 158 valence electrons. The van der Waals surface area contributed by atoms with E-state index in [1.165, 1.54) is 48.5 Å². The van der Waals surface area contributed by atoms with E-state index in [4.69, 9.17) is 46.4 Å². The smallest absolute Gasteiger partial charge is 0.262 e. The maximum Gasteiger partial charge on any atom is 0.262 e. The summed E-state index contributed by atoms with van der Waals surface area (Å²) in [6.45, 7) is 0. The van der Waals surface area contributed by atoms with Gasteiger partial charge >= 0.3 is 0 Å². The Morgan fingerprint density at radius 2 is 0.800 bits per heavy atom. The maximum atomic E-state index is 12.8. The lowest BCUT2D eigenvalue weighted by Gasteiger charge is -2.19. The van der Waals surface area contributed by atoms with Gasteiger partial charge in [-0.05, 0) is 24.3 Å². The molecular formula is C18H12Cl4N2O4S2. The summed E-state index contributed by atoms with van der Waals surface area (Å²) in [5.41, 5.74) is -0.723. The molecule has 0 radical (unpaired) electrons. The number of anilines is 2. The summed E-state index contributed by atoms with van der Waals surface area (Å²) in [6, 6.07) is 14.8. The van der Waals surface area contributed by atoms with Crippen molar-refractivity contribution in [1.82, 2.24) is 0 Å². The number of nitrogens with one attached hydrogen (secondary N) is 2. The molecule has 0 unspecified atom stereocenters. The Bertz CT molecular complexity index is 1200. The largest absolute Gasteiger partial charge is 0.276 e. The summed E-state index contributed by atoms with van der Waals surface area (Å²) in [7, 11) is -8.31. The quantitative estimate of drug-likeness (QED) is 0.309. The van der Waals surface area contributed by atoms with Gasteiger partial charge in [0, 0.05) is 0 Å². The van der Waals surface area contributed by atoms with Crippen molar-refractivity contribution >= 4 is 77.8 Å². The highest BCUT2D eigenvalue weighted by Crippen LogP contribution is 2.48. The molecule has 30 heavy (non-hydrogen) atoms. The lowest BCUT2D eigenvalue weighted by Crippen LogP contribution is -2.18. The molecule has 0 saturated carbocycles. The van der Waals surface area contributed by atoms with Gasteiger partial charge in [-0.2, -0.15) is 0 Å². The van der Waals surface area contributed by atoms with Gasteiger partial charge in [0.25, 0.3) is 20.0 Å². The van der Waals surface area contributed by atoms with Gasteiger partial charge in [0.05, 0.1) is 41.3 Å². The van der Waals surface area contributed by atoms with Crippen LogP contribution in [0.25, 0.3) is 0 Å². The summed E-state index contributed by atoms with van der Waals surface area (Å²) in [4.78, 5) is -0.166. The van der Waals surface area contributed by atoms with Crippen molar-refractivity contribution in [3.05, 3.63) is 80.8 Å². The molecule has 0 atom stereocenters. The van der Waals surface area contributed by atoms with Crippen molar-refractivity contribution in [2.24, 2.45) is 0 Å². The Balaban J connectivity index is 2.16. The minimum absolute atomic E-state index is 0.0832. The van der Waals surface area contributed by atoms with E-state index in [0.717, 1.165) is 0 Å². The van der Waals surface area contributed by atoms with Crippen LogP contribution in [-0.2, 0) is 20.0 Å². The first-order chi connectivity index (χ1) is 14.0. The SMILES string of the molecule is O=S(=O)(Nc1c(Cl)c(Cl)c(Cl)c(Cl)c1NS(=O)(=O)c1ccccc1)c1ccccc1. The Morgan fingerprint density at radius 3 is 1.10 bits per heavy atom. The summed E-state index contributed by atoms with van der Waals surface area (Å²) >= 11 is 24.5. The first-order valence-electron chi connectivity index (χ1n) is 8.06. The number of halogens is 4. The average Bonchev–Trinajstić information content (AvgIpc) is 2.74. The van der Waals surface area contributed by atoms with Crippen LogP contribution in [0.2, 0.25) is 20.1 Å². The number of rotatable bonds is 6. The third kappa shape index (κ3) is 4.64. The molecule has 0 bridgehead atoms. The highest BCUT2D eigenvalue weighted by Gasteiger charge is 2.27. The van der Waals surface area contributed by atoms with E-state index >= 15 is 0 Å².